The highest BCUT2D eigenvalue weighted by molar-refractivity contribution is 7.08. The molecule has 1 aromatic heterocycles. The minimum absolute atomic E-state index is 0.129. The Morgan fingerprint density at radius 2 is 1.34 bits per heavy atom. The number of aryl methyl sites for hydroxylation is 4. The van der Waals surface area contributed by atoms with Gasteiger partial charge in [-0.25, -0.2) is 0 Å². The van der Waals surface area contributed by atoms with Gasteiger partial charge >= 0.3 is 0 Å². The number of thiophene rings is 1. The molecular formula is C31H38N2O4S. The van der Waals surface area contributed by atoms with Crippen LogP contribution in [0.25, 0.3) is 0 Å². The first kappa shape index (κ1) is 30.4. The number of nitrogens with one attached hydrogen (secondary N) is 2. The minimum Gasteiger partial charge on any atom is -0.507 e. The molecule has 0 aliphatic carbocycles. The smallest absolute Gasteiger partial charge is 0.256 e. The lowest BCUT2D eigenvalue weighted by Gasteiger charge is -2.08. The van der Waals surface area contributed by atoms with Crippen LogP contribution in [0.1, 0.15) is 66.2 Å². The zero-order valence-electron chi connectivity index (χ0n) is 23.2. The van der Waals surface area contributed by atoms with Crippen molar-refractivity contribution in [2.24, 2.45) is 0 Å². The summed E-state index contributed by atoms with van der Waals surface area (Å²) in [4.78, 5) is 23.8. The summed E-state index contributed by atoms with van der Waals surface area (Å²) < 4.78 is 0. The van der Waals surface area contributed by atoms with Crippen molar-refractivity contribution in [3.05, 3.63) is 92.2 Å². The Morgan fingerprint density at radius 3 is 1.79 bits per heavy atom. The van der Waals surface area contributed by atoms with Gasteiger partial charge in [-0.3, -0.25) is 9.59 Å². The molecule has 2 amide bonds. The van der Waals surface area contributed by atoms with E-state index in [4.69, 9.17) is 0 Å². The van der Waals surface area contributed by atoms with Gasteiger partial charge in [-0.2, -0.15) is 11.3 Å². The molecule has 1 heterocycles. The highest BCUT2D eigenvalue weighted by atomic mass is 32.1. The van der Waals surface area contributed by atoms with Crippen LogP contribution in [-0.2, 0) is 4.79 Å². The van der Waals surface area contributed by atoms with Gasteiger partial charge in [0, 0.05) is 22.8 Å². The van der Waals surface area contributed by atoms with E-state index in [2.05, 4.69) is 30.6 Å². The van der Waals surface area contributed by atoms with Crippen LogP contribution in [0.2, 0.25) is 0 Å². The quantitative estimate of drug-likeness (QED) is 0.140. The zero-order chi connectivity index (χ0) is 28.4. The van der Waals surface area contributed by atoms with Crippen LogP contribution in [0.4, 0.5) is 11.4 Å². The SMILES string of the molecule is CC(C)=CCC/C(C)=C/C(=O)Nc1cc(C)c(O)c(C)c1.Cc1cc(NC(=O)c2ccsc2)cc(C)c1O. The average molecular weight is 535 g/mol. The molecule has 0 saturated heterocycles. The molecule has 0 radical (unpaired) electrons. The van der Waals surface area contributed by atoms with Crippen molar-refractivity contribution >= 4 is 34.5 Å². The second kappa shape index (κ2) is 14.2. The molecule has 0 saturated carbocycles. The van der Waals surface area contributed by atoms with Gasteiger partial charge in [0.05, 0.1) is 5.56 Å². The Balaban J connectivity index is 0.000000272. The molecule has 2 aromatic carbocycles. The van der Waals surface area contributed by atoms with E-state index in [0.29, 0.717) is 16.9 Å². The number of amides is 2. The molecular weight excluding hydrogens is 496 g/mol. The van der Waals surface area contributed by atoms with Crippen molar-refractivity contribution in [2.45, 2.75) is 61.3 Å². The largest absolute Gasteiger partial charge is 0.507 e. The third-order valence-corrected chi connectivity index (χ3v) is 6.44. The van der Waals surface area contributed by atoms with Crippen LogP contribution in [0.5, 0.6) is 11.5 Å². The fourth-order valence-electron chi connectivity index (χ4n) is 3.72. The van der Waals surface area contributed by atoms with Crippen LogP contribution in [0, 0.1) is 27.7 Å². The van der Waals surface area contributed by atoms with Gasteiger partial charge in [-0.1, -0.05) is 17.2 Å². The monoisotopic (exact) mass is 534 g/mol. The van der Waals surface area contributed by atoms with E-state index in [1.165, 1.54) is 16.9 Å². The third-order valence-electron chi connectivity index (χ3n) is 5.76. The predicted molar refractivity (Wildman–Crippen MR) is 158 cm³/mol. The number of carbonyl (C=O) groups is 2. The first-order chi connectivity index (χ1) is 17.9. The summed E-state index contributed by atoms with van der Waals surface area (Å²) in [6.07, 6.45) is 5.64. The van der Waals surface area contributed by atoms with Crippen molar-refractivity contribution in [2.75, 3.05) is 10.6 Å². The summed E-state index contributed by atoms with van der Waals surface area (Å²) in [5.41, 5.74) is 7.44. The van der Waals surface area contributed by atoms with E-state index in [0.717, 1.165) is 40.7 Å². The number of phenols is 2. The second-order valence-electron chi connectivity index (χ2n) is 9.68. The lowest BCUT2D eigenvalue weighted by Crippen LogP contribution is -2.11. The number of phenolic OH excluding ortho intramolecular Hbond substituents is 2. The Bertz CT molecular complexity index is 1290. The first-order valence-electron chi connectivity index (χ1n) is 12.4. The molecule has 0 spiro atoms. The van der Waals surface area contributed by atoms with Gasteiger partial charge in [-0.05, 0) is 119 Å². The minimum atomic E-state index is -0.130. The van der Waals surface area contributed by atoms with E-state index >= 15 is 0 Å². The molecule has 6 nitrogen and oxygen atoms in total. The van der Waals surface area contributed by atoms with E-state index < -0.39 is 0 Å². The third kappa shape index (κ3) is 9.56. The summed E-state index contributed by atoms with van der Waals surface area (Å²) in [6.45, 7) is 13.4. The van der Waals surface area contributed by atoms with Gasteiger partial charge < -0.3 is 20.8 Å². The number of anilines is 2. The molecule has 0 bridgehead atoms. The Hall–Kier alpha value is -3.84. The fraction of sp³-hybridized carbons (Fsp3) is 0.290. The highest BCUT2D eigenvalue weighted by Gasteiger charge is 2.09. The maximum Gasteiger partial charge on any atom is 0.256 e. The van der Waals surface area contributed by atoms with Crippen LogP contribution in [-0.4, -0.2) is 22.0 Å². The summed E-state index contributed by atoms with van der Waals surface area (Å²) in [5, 5.41) is 28.7. The van der Waals surface area contributed by atoms with Crippen LogP contribution in [0.15, 0.2) is 64.4 Å². The van der Waals surface area contributed by atoms with Gasteiger partial charge in [0.15, 0.2) is 0 Å². The molecule has 0 atom stereocenters. The topological polar surface area (TPSA) is 98.7 Å². The Morgan fingerprint density at radius 1 is 0.842 bits per heavy atom. The van der Waals surface area contributed by atoms with E-state index in [1.807, 2.05) is 40.0 Å². The van der Waals surface area contributed by atoms with Gasteiger partial charge in [0.2, 0.25) is 5.91 Å². The normalized spacial score (nSPS) is 10.8. The zero-order valence-corrected chi connectivity index (χ0v) is 24.0. The van der Waals surface area contributed by atoms with Crippen molar-refractivity contribution in [3.8, 4) is 11.5 Å². The number of hydrogen-bond donors (Lipinski definition) is 4. The molecule has 3 rings (SSSR count). The summed E-state index contributed by atoms with van der Waals surface area (Å²) in [5.74, 6) is 0.296. The van der Waals surface area contributed by atoms with Crippen molar-refractivity contribution < 1.29 is 19.8 Å². The maximum absolute atomic E-state index is 12.0. The predicted octanol–water partition coefficient (Wildman–Crippen LogP) is 7.96. The molecule has 0 aliphatic rings. The fourth-order valence-corrected chi connectivity index (χ4v) is 4.35. The summed E-state index contributed by atoms with van der Waals surface area (Å²) in [6, 6.07) is 8.83. The molecule has 0 unspecified atom stereocenters. The molecule has 202 valence electrons. The number of hydrogen-bond acceptors (Lipinski definition) is 5. The maximum atomic E-state index is 12.0. The van der Waals surface area contributed by atoms with E-state index in [-0.39, 0.29) is 23.3 Å². The molecule has 7 heteroatoms. The van der Waals surface area contributed by atoms with Crippen LogP contribution >= 0.6 is 11.3 Å². The van der Waals surface area contributed by atoms with Crippen molar-refractivity contribution in [1.29, 1.82) is 0 Å². The molecule has 0 aliphatic heterocycles. The number of benzene rings is 2. The molecule has 38 heavy (non-hydrogen) atoms. The van der Waals surface area contributed by atoms with Crippen molar-refractivity contribution in [1.82, 2.24) is 0 Å². The lowest BCUT2D eigenvalue weighted by atomic mass is 10.1. The number of aromatic hydroxyl groups is 2. The number of rotatable bonds is 7. The Labute approximate surface area is 229 Å². The second-order valence-corrected chi connectivity index (χ2v) is 10.5. The lowest BCUT2D eigenvalue weighted by molar-refractivity contribution is -0.112. The standard InChI is InChI=1S/C18H25NO2.C13H13NO2S/c1-12(2)7-6-8-13(3)9-17(20)19-16-10-14(4)18(21)15(5)11-16;1-8-5-11(6-9(2)12(8)15)14-13(16)10-3-4-17-7-10/h7,9-11,21H,6,8H2,1-5H3,(H,19,20);3-7,15H,1-2H3,(H,14,16)/b13-9+;. The van der Waals surface area contributed by atoms with Crippen LogP contribution in [0.3, 0.4) is 0 Å². The van der Waals surface area contributed by atoms with Crippen LogP contribution < -0.4 is 10.6 Å². The Kier molecular flexibility index (Phi) is 11.3. The molecule has 4 N–H and O–H groups in total. The number of allylic oxidation sites excluding steroid dienone is 3. The average Bonchev–Trinajstić information content (AvgIpc) is 3.36. The first-order valence-corrected chi connectivity index (χ1v) is 13.4. The van der Waals surface area contributed by atoms with E-state index in [9.17, 15) is 19.8 Å². The number of carbonyl (C=O) groups excluding carboxylic acids is 2. The summed E-state index contributed by atoms with van der Waals surface area (Å²) >= 11 is 1.49. The highest BCUT2D eigenvalue weighted by Crippen LogP contribution is 2.26. The van der Waals surface area contributed by atoms with Gasteiger partial charge in [0.1, 0.15) is 11.5 Å². The van der Waals surface area contributed by atoms with E-state index in [1.54, 1.807) is 41.8 Å². The van der Waals surface area contributed by atoms with Gasteiger partial charge in [0.25, 0.3) is 5.91 Å². The molecule has 0 fully saturated rings. The summed E-state index contributed by atoms with van der Waals surface area (Å²) in [7, 11) is 0. The molecule has 3 aromatic rings. The van der Waals surface area contributed by atoms with Gasteiger partial charge in [-0.15, -0.1) is 0 Å². The van der Waals surface area contributed by atoms with Crippen molar-refractivity contribution in [3.63, 3.8) is 0 Å².